The van der Waals surface area contributed by atoms with Gasteiger partial charge in [0.05, 0.1) is 16.8 Å². The van der Waals surface area contributed by atoms with E-state index in [1.54, 1.807) is 0 Å². The van der Waals surface area contributed by atoms with Crippen LogP contribution in [0.2, 0.25) is 0 Å². The van der Waals surface area contributed by atoms with E-state index in [2.05, 4.69) is 236 Å². The van der Waals surface area contributed by atoms with Gasteiger partial charge in [0.2, 0.25) is 0 Å². The van der Waals surface area contributed by atoms with Crippen LogP contribution >= 0.6 is 0 Å². The van der Waals surface area contributed by atoms with Gasteiger partial charge in [-0.3, -0.25) is 0 Å². The summed E-state index contributed by atoms with van der Waals surface area (Å²) in [4.78, 5) is 4.94. The molecule has 0 bridgehead atoms. The summed E-state index contributed by atoms with van der Waals surface area (Å²) in [5, 5.41) is 2.28. The van der Waals surface area contributed by atoms with Crippen LogP contribution in [0.4, 0.5) is 34.1 Å². The zero-order valence-electron chi connectivity index (χ0n) is 37.5. The maximum absolute atomic E-state index is 6.53. The smallest absolute Gasteiger partial charge is 0.143 e. The number of benzene rings is 9. The van der Waals surface area contributed by atoms with Gasteiger partial charge in [-0.25, -0.2) is 0 Å². The highest BCUT2D eigenvalue weighted by atomic mass is 16.3. The lowest BCUT2D eigenvalue weighted by Gasteiger charge is -2.45. The first kappa shape index (κ1) is 38.2. The van der Waals surface area contributed by atoms with E-state index < -0.39 is 5.41 Å². The van der Waals surface area contributed by atoms with Crippen molar-refractivity contribution in [1.82, 2.24) is 0 Å². The van der Waals surface area contributed by atoms with Gasteiger partial charge < -0.3 is 14.2 Å². The number of fused-ring (bicyclic) bond motifs is 14. The van der Waals surface area contributed by atoms with Crippen LogP contribution in [0.25, 0.3) is 49.8 Å². The summed E-state index contributed by atoms with van der Waals surface area (Å²) in [6.07, 6.45) is 6.85. The first-order valence-corrected chi connectivity index (χ1v) is 23.6. The van der Waals surface area contributed by atoms with Crippen LogP contribution in [0, 0.1) is 0 Å². The van der Waals surface area contributed by atoms with Crippen molar-refractivity contribution in [2.24, 2.45) is 0 Å². The quantitative estimate of drug-likeness (QED) is 0.172. The highest BCUT2D eigenvalue weighted by molar-refractivity contribution is 6.09. The van der Waals surface area contributed by atoms with Gasteiger partial charge in [-0.05, 0) is 141 Å². The molecular weight excluding hydrogens is 813 g/mol. The largest absolute Gasteiger partial charge is 0.455 e. The molecule has 0 amide bonds. The lowest BCUT2D eigenvalue weighted by atomic mass is 9.63. The third-order valence-electron chi connectivity index (χ3n) is 15.3. The maximum atomic E-state index is 6.53. The number of para-hydroxylation sites is 5. The second-order valence-electron chi connectivity index (χ2n) is 19.1. The molecule has 3 aliphatic carbocycles. The number of hydrogen-bond acceptors (Lipinski definition) is 3. The van der Waals surface area contributed by atoms with E-state index in [1.165, 1.54) is 67.0 Å². The fraction of sp³-hybridized carbons (Fsp3) is 0.0938. The van der Waals surface area contributed by atoms with Gasteiger partial charge in [-0.2, -0.15) is 0 Å². The molecule has 0 radical (unpaired) electrons. The fourth-order valence-corrected chi connectivity index (χ4v) is 12.4. The Hall–Kier alpha value is -8.14. The molecule has 0 fully saturated rings. The maximum Gasteiger partial charge on any atom is 0.143 e. The summed E-state index contributed by atoms with van der Waals surface area (Å²) in [7, 11) is 0. The molecule has 3 heteroatoms. The van der Waals surface area contributed by atoms with E-state index >= 15 is 0 Å². The Morgan fingerprint density at radius 1 is 0.478 bits per heavy atom. The van der Waals surface area contributed by atoms with Crippen LogP contribution < -0.4 is 9.80 Å². The Labute approximate surface area is 391 Å². The third kappa shape index (κ3) is 5.28. The number of nitrogens with zero attached hydrogens (tertiary/aromatic N) is 2. The van der Waals surface area contributed by atoms with Crippen LogP contribution in [0.3, 0.4) is 0 Å². The van der Waals surface area contributed by atoms with E-state index in [1.807, 2.05) is 6.07 Å². The van der Waals surface area contributed by atoms with Gasteiger partial charge in [-0.15, -0.1) is 0 Å². The van der Waals surface area contributed by atoms with E-state index in [9.17, 15) is 0 Å². The molecule has 4 aliphatic rings. The number of rotatable bonds is 5. The Morgan fingerprint density at radius 2 is 1.10 bits per heavy atom. The molecule has 0 N–H and O–H groups in total. The summed E-state index contributed by atoms with van der Waals surface area (Å²) in [6, 6.07) is 76.4. The van der Waals surface area contributed by atoms with Crippen molar-refractivity contribution in [1.29, 1.82) is 0 Å². The van der Waals surface area contributed by atoms with Crippen LogP contribution in [-0.4, -0.2) is 0 Å². The van der Waals surface area contributed by atoms with E-state index in [0.29, 0.717) is 0 Å². The Bertz CT molecular complexity index is 3690. The highest BCUT2D eigenvalue weighted by Crippen LogP contribution is 2.64. The van der Waals surface area contributed by atoms with Crippen molar-refractivity contribution < 1.29 is 4.42 Å². The summed E-state index contributed by atoms with van der Waals surface area (Å²) in [6.45, 7) is 4.74. The van der Waals surface area contributed by atoms with E-state index in [-0.39, 0.29) is 5.41 Å². The van der Waals surface area contributed by atoms with Gasteiger partial charge >= 0.3 is 0 Å². The monoisotopic (exact) mass is 858 g/mol. The second-order valence-corrected chi connectivity index (χ2v) is 19.1. The minimum atomic E-state index is -0.480. The number of hydrogen-bond donors (Lipinski definition) is 0. The average Bonchev–Trinajstić information content (AvgIpc) is 3.98. The minimum absolute atomic E-state index is 0.142. The summed E-state index contributed by atoms with van der Waals surface area (Å²) in [5.74, 6) is 0. The molecule has 14 rings (SSSR count). The molecule has 9 aromatic carbocycles. The molecule has 1 aromatic heterocycles. The molecule has 10 aromatic rings. The van der Waals surface area contributed by atoms with Crippen LogP contribution in [0.1, 0.15) is 60.1 Å². The van der Waals surface area contributed by atoms with Gasteiger partial charge in [0, 0.05) is 44.5 Å². The zero-order chi connectivity index (χ0) is 44.4. The number of anilines is 6. The zero-order valence-corrected chi connectivity index (χ0v) is 37.5. The molecule has 1 spiro atoms. The predicted octanol–water partition coefficient (Wildman–Crippen LogP) is 17.3. The summed E-state index contributed by atoms with van der Waals surface area (Å²) < 4.78 is 6.53. The lowest BCUT2D eigenvalue weighted by molar-refractivity contribution is 0.660. The molecule has 0 saturated heterocycles. The second kappa shape index (κ2) is 14.2. The Balaban J connectivity index is 0.968. The van der Waals surface area contributed by atoms with Crippen molar-refractivity contribution in [3.05, 3.63) is 257 Å². The summed E-state index contributed by atoms with van der Waals surface area (Å²) >= 11 is 0. The average molecular weight is 859 g/mol. The predicted molar refractivity (Wildman–Crippen MR) is 278 cm³/mol. The minimum Gasteiger partial charge on any atom is -0.455 e. The van der Waals surface area contributed by atoms with Crippen molar-refractivity contribution in [2.45, 2.75) is 37.5 Å². The normalized spacial score (nSPS) is 15.6. The van der Waals surface area contributed by atoms with Crippen LogP contribution in [-0.2, 0) is 10.8 Å². The SMILES string of the molecule is CC1(C)c2ccccc2-c2ccc(N(c3ccc(-c4cccc5c4oc4ccccc45)cc3)c3ccc4c(c3)C3=C(C=CCC3)C43c4ccccc4N(c4ccccc4)c4ccccc43)cc21. The number of furan rings is 1. The van der Waals surface area contributed by atoms with Crippen LogP contribution in [0.15, 0.2) is 228 Å². The van der Waals surface area contributed by atoms with Gasteiger partial charge in [0.1, 0.15) is 11.2 Å². The van der Waals surface area contributed by atoms with Gasteiger partial charge in [0.15, 0.2) is 0 Å². The number of allylic oxidation sites excluding steroid dienone is 4. The fourth-order valence-electron chi connectivity index (χ4n) is 12.4. The highest BCUT2D eigenvalue weighted by Gasteiger charge is 2.52. The summed E-state index contributed by atoms with van der Waals surface area (Å²) in [5.41, 5.74) is 23.9. The van der Waals surface area contributed by atoms with Crippen molar-refractivity contribution in [2.75, 3.05) is 9.80 Å². The van der Waals surface area contributed by atoms with E-state index in [0.717, 1.165) is 68.7 Å². The molecule has 0 unspecified atom stereocenters. The Morgan fingerprint density at radius 3 is 1.91 bits per heavy atom. The molecule has 3 nitrogen and oxygen atoms in total. The van der Waals surface area contributed by atoms with Crippen molar-refractivity contribution >= 4 is 61.6 Å². The standard InChI is InChI=1S/C64H46N2O/c1-63(2)53-24-9-6-19-47(53)49-37-35-45(40-58(49)63)65(43-33-31-41(32-34-43)46-22-16-23-51-50-21-8-15-30-61(50)67-62(46)51)44-36-38-55-52(39-44)48-20-7-10-25-54(48)64(55)56-26-11-13-28-59(56)66(42-17-4-3-5-18-42)60-29-14-12-27-57(60)64/h3-6,8-19,21-40H,7,20H2,1-2H3. The van der Waals surface area contributed by atoms with Crippen molar-refractivity contribution in [3.63, 3.8) is 0 Å². The molecule has 318 valence electrons. The molecule has 0 saturated carbocycles. The van der Waals surface area contributed by atoms with Gasteiger partial charge in [-0.1, -0.05) is 166 Å². The molecule has 67 heavy (non-hydrogen) atoms. The first-order valence-electron chi connectivity index (χ1n) is 23.6. The molecule has 0 atom stereocenters. The molecule has 1 aliphatic heterocycles. The Kier molecular flexibility index (Phi) is 8.08. The lowest BCUT2D eigenvalue weighted by Crippen LogP contribution is -2.36. The molecule has 2 heterocycles. The van der Waals surface area contributed by atoms with Crippen LogP contribution in [0.5, 0.6) is 0 Å². The van der Waals surface area contributed by atoms with E-state index in [4.69, 9.17) is 4.42 Å². The van der Waals surface area contributed by atoms with Crippen molar-refractivity contribution in [3.8, 4) is 22.3 Å². The van der Waals surface area contributed by atoms with Gasteiger partial charge in [0.25, 0.3) is 0 Å². The molecular formula is C64H46N2O. The third-order valence-corrected chi connectivity index (χ3v) is 15.3. The topological polar surface area (TPSA) is 19.6 Å². The first-order chi connectivity index (χ1) is 33.0.